The van der Waals surface area contributed by atoms with Crippen LogP contribution in [0.3, 0.4) is 0 Å². The lowest BCUT2D eigenvalue weighted by Gasteiger charge is -2.13. The van der Waals surface area contributed by atoms with Gasteiger partial charge in [0.1, 0.15) is 0 Å². The molecule has 0 aliphatic heterocycles. The fraction of sp³-hybridized carbons (Fsp3) is 0.316. The average molecular weight is 360 g/mol. The minimum absolute atomic E-state index is 0.148. The van der Waals surface area contributed by atoms with E-state index in [1.807, 2.05) is 37.3 Å². The lowest BCUT2D eigenvalue weighted by Crippen LogP contribution is -2.24. The molecule has 5 nitrogen and oxygen atoms in total. The van der Waals surface area contributed by atoms with Crippen LogP contribution in [-0.4, -0.2) is 27.1 Å². The fourth-order valence-corrected chi connectivity index (χ4v) is 3.06. The van der Waals surface area contributed by atoms with Gasteiger partial charge in [0.25, 0.3) is 5.91 Å². The second kappa shape index (κ2) is 8.27. The maximum absolute atomic E-state index is 12.5. The number of carbonyl (C=O) groups excluding carboxylic acids is 1. The molecule has 25 heavy (non-hydrogen) atoms. The molecule has 6 heteroatoms. The molecule has 2 rings (SSSR count). The Bertz CT molecular complexity index is 843. The number of sulfonamides is 1. The summed E-state index contributed by atoms with van der Waals surface area (Å²) in [5.41, 5.74) is 4.56. The number of benzene rings is 2. The van der Waals surface area contributed by atoms with Gasteiger partial charge in [-0.05, 0) is 48.6 Å². The lowest BCUT2D eigenvalue weighted by molar-refractivity contribution is 0.102. The van der Waals surface area contributed by atoms with Gasteiger partial charge >= 0.3 is 0 Å². The van der Waals surface area contributed by atoms with Gasteiger partial charge in [0.2, 0.25) is 10.0 Å². The zero-order valence-electron chi connectivity index (χ0n) is 14.8. The summed E-state index contributed by atoms with van der Waals surface area (Å²) in [5, 5.41) is 3.00. The molecule has 0 radical (unpaired) electrons. The molecule has 0 spiro atoms. The predicted molar refractivity (Wildman–Crippen MR) is 102 cm³/mol. The van der Waals surface area contributed by atoms with E-state index < -0.39 is 10.0 Å². The zero-order chi connectivity index (χ0) is 18.4. The number of nitrogens with one attached hydrogen (secondary N) is 2. The maximum atomic E-state index is 12.5. The normalized spacial score (nSPS) is 11.3. The van der Waals surface area contributed by atoms with Crippen molar-refractivity contribution in [3.63, 3.8) is 0 Å². The van der Waals surface area contributed by atoms with Gasteiger partial charge in [0.05, 0.1) is 6.26 Å². The van der Waals surface area contributed by atoms with Crippen LogP contribution in [0.1, 0.15) is 34.0 Å². The Morgan fingerprint density at radius 3 is 2.36 bits per heavy atom. The van der Waals surface area contributed by atoms with Crippen molar-refractivity contribution in [1.82, 2.24) is 4.72 Å². The van der Waals surface area contributed by atoms with E-state index in [0.717, 1.165) is 35.1 Å². The van der Waals surface area contributed by atoms with E-state index in [0.29, 0.717) is 18.5 Å². The smallest absolute Gasteiger partial charge is 0.255 e. The molecule has 0 aliphatic carbocycles. The van der Waals surface area contributed by atoms with Gasteiger partial charge in [-0.15, -0.1) is 0 Å². The van der Waals surface area contributed by atoms with E-state index in [-0.39, 0.29) is 5.91 Å². The van der Waals surface area contributed by atoms with Crippen molar-refractivity contribution in [2.24, 2.45) is 0 Å². The van der Waals surface area contributed by atoms with E-state index in [1.165, 1.54) is 0 Å². The van der Waals surface area contributed by atoms with Gasteiger partial charge in [-0.1, -0.05) is 37.3 Å². The third kappa shape index (κ3) is 5.69. The van der Waals surface area contributed by atoms with Crippen LogP contribution in [0.4, 0.5) is 5.69 Å². The van der Waals surface area contributed by atoms with E-state index in [1.54, 1.807) is 12.1 Å². The molecular weight excluding hydrogens is 336 g/mol. The molecule has 0 aromatic heterocycles. The first-order valence-electron chi connectivity index (χ1n) is 8.23. The first kappa shape index (κ1) is 19.1. The van der Waals surface area contributed by atoms with Gasteiger partial charge < -0.3 is 5.32 Å². The topological polar surface area (TPSA) is 75.3 Å². The molecule has 0 atom stereocenters. The molecule has 0 fully saturated rings. The predicted octanol–water partition coefficient (Wildman–Crippen LogP) is 2.90. The number of aryl methyl sites for hydroxylation is 2. The van der Waals surface area contributed by atoms with Gasteiger partial charge in [-0.25, -0.2) is 13.1 Å². The van der Waals surface area contributed by atoms with Crippen LogP contribution in [0.15, 0.2) is 42.5 Å². The van der Waals surface area contributed by atoms with Gasteiger partial charge in [-0.2, -0.15) is 0 Å². The number of para-hydroxylation sites is 1. The van der Waals surface area contributed by atoms with Crippen molar-refractivity contribution < 1.29 is 13.2 Å². The SMILES string of the molecule is CCc1cccc(C)c1NC(=O)c1ccc(CCNS(C)(=O)=O)cc1. The highest BCUT2D eigenvalue weighted by atomic mass is 32.2. The van der Waals surface area contributed by atoms with Crippen molar-refractivity contribution in [2.75, 3.05) is 18.1 Å². The van der Waals surface area contributed by atoms with E-state index in [4.69, 9.17) is 0 Å². The summed E-state index contributed by atoms with van der Waals surface area (Å²) in [7, 11) is -3.18. The molecule has 2 N–H and O–H groups in total. The minimum Gasteiger partial charge on any atom is -0.321 e. The molecule has 134 valence electrons. The number of hydrogen-bond donors (Lipinski definition) is 2. The van der Waals surface area contributed by atoms with Crippen LogP contribution < -0.4 is 10.0 Å². The highest BCUT2D eigenvalue weighted by molar-refractivity contribution is 7.88. The molecule has 0 saturated carbocycles. The van der Waals surface area contributed by atoms with Gasteiger partial charge in [-0.3, -0.25) is 4.79 Å². The number of amides is 1. The standard InChI is InChI=1S/C19H24N2O3S/c1-4-16-7-5-6-14(2)18(16)21-19(22)17-10-8-15(9-11-17)12-13-20-25(3,23)24/h5-11,20H,4,12-13H2,1-3H3,(H,21,22). The average Bonchev–Trinajstić information content (AvgIpc) is 2.56. The van der Waals surface area contributed by atoms with Crippen molar-refractivity contribution in [3.05, 3.63) is 64.7 Å². The molecular formula is C19H24N2O3S. The van der Waals surface area contributed by atoms with E-state index in [9.17, 15) is 13.2 Å². The monoisotopic (exact) mass is 360 g/mol. The first-order chi connectivity index (χ1) is 11.8. The summed E-state index contributed by atoms with van der Waals surface area (Å²) in [6.07, 6.45) is 2.56. The van der Waals surface area contributed by atoms with E-state index in [2.05, 4.69) is 17.0 Å². The Hall–Kier alpha value is -2.18. The molecule has 0 aliphatic rings. The largest absolute Gasteiger partial charge is 0.321 e. The lowest BCUT2D eigenvalue weighted by atomic mass is 10.0. The van der Waals surface area contributed by atoms with Crippen molar-refractivity contribution >= 4 is 21.6 Å². The number of anilines is 1. The van der Waals surface area contributed by atoms with Crippen LogP contribution in [0.5, 0.6) is 0 Å². The quantitative estimate of drug-likeness (QED) is 0.797. The van der Waals surface area contributed by atoms with Crippen LogP contribution >= 0.6 is 0 Å². The third-order valence-corrected chi connectivity index (χ3v) is 4.70. The van der Waals surface area contributed by atoms with Crippen LogP contribution in [0, 0.1) is 6.92 Å². The highest BCUT2D eigenvalue weighted by Gasteiger charge is 2.10. The Morgan fingerprint density at radius 1 is 1.08 bits per heavy atom. The summed E-state index contributed by atoms with van der Waals surface area (Å²) in [6.45, 7) is 4.38. The molecule has 0 heterocycles. The van der Waals surface area contributed by atoms with Crippen LogP contribution in [-0.2, 0) is 22.9 Å². The van der Waals surface area contributed by atoms with Gasteiger partial charge in [0.15, 0.2) is 0 Å². The number of carbonyl (C=O) groups is 1. The molecule has 1 amide bonds. The van der Waals surface area contributed by atoms with E-state index >= 15 is 0 Å². The highest BCUT2D eigenvalue weighted by Crippen LogP contribution is 2.22. The fourth-order valence-electron chi connectivity index (χ4n) is 2.59. The molecule has 2 aromatic carbocycles. The zero-order valence-corrected chi connectivity index (χ0v) is 15.6. The Labute approximate surface area is 149 Å². The Morgan fingerprint density at radius 2 is 1.76 bits per heavy atom. The number of rotatable bonds is 7. The third-order valence-electron chi connectivity index (χ3n) is 3.97. The molecule has 0 saturated heterocycles. The number of hydrogen-bond acceptors (Lipinski definition) is 3. The van der Waals surface area contributed by atoms with Crippen molar-refractivity contribution in [3.8, 4) is 0 Å². The summed E-state index contributed by atoms with van der Waals surface area (Å²) in [4.78, 5) is 12.5. The maximum Gasteiger partial charge on any atom is 0.255 e. The van der Waals surface area contributed by atoms with Crippen molar-refractivity contribution in [2.45, 2.75) is 26.7 Å². The summed E-state index contributed by atoms with van der Waals surface area (Å²) >= 11 is 0. The van der Waals surface area contributed by atoms with Crippen LogP contribution in [0.25, 0.3) is 0 Å². The Balaban J connectivity index is 2.04. The second-order valence-corrected chi connectivity index (χ2v) is 7.86. The second-order valence-electron chi connectivity index (χ2n) is 6.03. The summed E-state index contributed by atoms with van der Waals surface area (Å²) in [5.74, 6) is -0.148. The molecule has 0 unspecified atom stereocenters. The Kier molecular flexibility index (Phi) is 6.33. The molecule has 0 bridgehead atoms. The summed E-state index contributed by atoms with van der Waals surface area (Å²) in [6, 6.07) is 13.2. The minimum atomic E-state index is -3.18. The van der Waals surface area contributed by atoms with Gasteiger partial charge in [0, 0.05) is 17.8 Å². The van der Waals surface area contributed by atoms with Crippen LogP contribution in [0.2, 0.25) is 0 Å². The molecule has 2 aromatic rings. The summed E-state index contributed by atoms with van der Waals surface area (Å²) < 4.78 is 24.6. The van der Waals surface area contributed by atoms with Crippen molar-refractivity contribution in [1.29, 1.82) is 0 Å². The first-order valence-corrected chi connectivity index (χ1v) is 10.1.